The SMILES string of the molecule is CCc1cc(Nc2nccn3c(-c4ccc(OC)c(F)c4F)cnc23)ccc1C(=O)NCCNC(=O)CCCNCCCN. The smallest absolute Gasteiger partial charge is 0.251 e. The first-order valence-electron chi connectivity index (χ1n) is 14.6. The van der Waals surface area contributed by atoms with Gasteiger partial charge in [-0.2, -0.15) is 4.39 Å². The van der Waals surface area contributed by atoms with Gasteiger partial charge in [-0.15, -0.1) is 0 Å². The van der Waals surface area contributed by atoms with Crippen LogP contribution in [0.3, 0.4) is 0 Å². The van der Waals surface area contributed by atoms with Gasteiger partial charge in [0.1, 0.15) is 0 Å². The quantitative estimate of drug-likeness (QED) is 0.121. The van der Waals surface area contributed by atoms with Crippen LogP contribution in [0, 0.1) is 11.6 Å². The summed E-state index contributed by atoms with van der Waals surface area (Å²) in [5.41, 5.74) is 8.25. The van der Waals surface area contributed by atoms with E-state index in [2.05, 4.69) is 31.2 Å². The van der Waals surface area contributed by atoms with Crippen molar-refractivity contribution in [2.45, 2.75) is 32.6 Å². The van der Waals surface area contributed by atoms with E-state index >= 15 is 0 Å². The van der Waals surface area contributed by atoms with Gasteiger partial charge in [0.15, 0.2) is 23.0 Å². The van der Waals surface area contributed by atoms with Crippen LogP contribution in [0.5, 0.6) is 5.75 Å². The summed E-state index contributed by atoms with van der Waals surface area (Å²) in [5.74, 6) is -2.20. The maximum Gasteiger partial charge on any atom is 0.251 e. The fourth-order valence-electron chi connectivity index (χ4n) is 4.70. The van der Waals surface area contributed by atoms with Gasteiger partial charge in [0.2, 0.25) is 11.7 Å². The molecule has 0 aliphatic rings. The van der Waals surface area contributed by atoms with E-state index in [1.165, 1.54) is 31.6 Å². The van der Waals surface area contributed by atoms with E-state index in [4.69, 9.17) is 10.5 Å². The molecule has 0 spiro atoms. The molecule has 0 saturated heterocycles. The molecule has 234 valence electrons. The number of aromatic nitrogens is 3. The van der Waals surface area contributed by atoms with Gasteiger partial charge in [0, 0.05) is 48.7 Å². The van der Waals surface area contributed by atoms with Gasteiger partial charge < -0.3 is 31.7 Å². The van der Waals surface area contributed by atoms with Crippen molar-refractivity contribution in [1.82, 2.24) is 30.3 Å². The number of nitrogens with zero attached hydrogens (tertiary/aromatic N) is 3. The predicted molar refractivity (Wildman–Crippen MR) is 165 cm³/mol. The molecule has 13 heteroatoms. The molecule has 44 heavy (non-hydrogen) atoms. The summed E-state index contributed by atoms with van der Waals surface area (Å²) in [6.07, 6.45) is 7.24. The van der Waals surface area contributed by atoms with Crippen LogP contribution in [0.2, 0.25) is 0 Å². The molecule has 0 atom stereocenters. The Morgan fingerprint density at radius 2 is 1.80 bits per heavy atom. The third-order valence-electron chi connectivity index (χ3n) is 7.01. The Bertz CT molecular complexity index is 1590. The molecule has 2 aromatic heterocycles. The number of imidazole rings is 1. The largest absolute Gasteiger partial charge is 0.494 e. The highest BCUT2D eigenvalue weighted by molar-refractivity contribution is 5.96. The van der Waals surface area contributed by atoms with Crippen LogP contribution in [0.4, 0.5) is 20.3 Å². The molecule has 0 fully saturated rings. The number of carbonyl (C=O) groups is 2. The highest BCUT2D eigenvalue weighted by Gasteiger charge is 2.19. The number of nitrogens with two attached hydrogens (primary N) is 1. The Kier molecular flexibility index (Phi) is 11.5. The van der Waals surface area contributed by atoms with Gasteiger partial charge in [-0.05, 0) is 74.8 Å². The van der Waals surface area contributed by atoms with Crippen molar-refractivity contribution in [2.75, 3.05) is 45.2 Å². The third-order valence-corrected chi connectivity index (χ3v) is 7.01. The van der Waals surface area contributed by atoms with E-state index in [0.717, 1.165) is 31.5 Å². The second-order valence-corrected chi connectivity index (χ2v) is 10.0. The Hall–Kier alpha value is -4.62. The minimum Gasteiger partial charge on any atom is -0.494 e. The van der Waals surface area contributed by atoms with Crippen molar-refractivity contribution in [3.05, 3.63) is 71.7 Å². The van der Waals surface area contributed by atoms with Crippen LogP contribution in [0.1, 0.15) is 42.1 Å². The topological polar surface area (TPSA) is 148 Å². The first-order valence-corrected chi connectivity index (χ1v) is 14.6. The number of benzene rings is 2. The Labute approximate surface area is 254 Å². The summed E-state index contributed by atoms with van der Waals surface area (Å²) in [6.45, 7) is 4.83. The normalized spacial score (nSPS) is 11.0. The molecule has 0 radical (unpaired) electrons. The van der Waals surface area contributed by atoms with Crippen LogP contribution in [0.25, 0.3) is 16.9 Å². The van der Waals surface area contributed by atoms with Gasteiger partial charge in [-0.25, -0.2) is 14.4 Å². The van der Waals surface area contributed by atoms with E-state index in [1.54, 1.807) is 22.7 Å². The van der Waals surface area contributed by atoms with Crippen molar-refractivity contribution in [3.8, 4) is 17.0 Å². The van der Waals surface area contributed by atoms with Crippen molar-refractivity contribution in [3.63, 3.8) is 0 Å². The first-order chi connectivity index (χ1) is 21.4. The Balaban J connectivity index is 1.37. The van der Waals surface area contributed by atoms with E-state index in [-0.39, 0.29) is 23.1 Å². The number of amides is 2. The summed E-state index contributed by atoms with van der Waals surface area (Å²) >= 11 is 0. The first kappa shape index (κ1) is 32.3. The number of aryl methyl sites for hydroxylation is 1. The lowest BCUT2D eigenvalue weighted by Gasteiger charge is -2.13. The predicted octanol–water partition coefficient (Wildman–Crippen LogP) is 3.55. The lowest BCUT2D eigenvalue weighted by molar-refractivity contribution is -0.121. The fraction of sp³-hybridized carbons (Fsp3) is 0.355. The number of rotatable bonds is 16. The molecular weight excluding hydrogens is 570 g/mol. The number of ether oxygens (including phenoxy) is 1. The molecule has 0 aliphatic carbocycles. The molecule has 2 amide bonds. The maximum atomic E-state index is 14.8. The molecule has 0 saturated carbocycles. The molecule has 0 unspecified atom stereocenters. The zero-order valence-corrected chi connectivity index (χ0v) is 24.9. The monoisotopic (exact) mass is 608 g/mol. The third kappa shape index (κ3) is 7.85. The van der Waals surface area contributed by atoms with E-state index in [9.17, 15) is 18.4 Å². The van der Waals surface area contributed by atoms with Gasteiger partial charge in [0.05, 0.1) is 19.0 Å². The van der Waals surface area contributed by atoms with E-state index in [1.807, 2.05) is 13.0 Å². The molecule has 4 rings (SSSR count). The van der Waals surface area contributed by atoms with Gasteiger partial charge in [-0.3, -0.25) is 14.0 Å². The fourth-order valence-corrected chi connectivity index (χ4v) is 4.70. The summed E-state index contributed by atoms with van der Waals surface area (Å²) in [6, 6.07) is 8.13. The zero-order chi connectivity index (χ0) is 31.5. The van der Waals surface area contributed by atoms with Gasteiger partial charge in [-0.1, -0.05) is 6.92 Å². The summed E-state index contributed by atoms with van der Waals surface area (Å²) in [5, 5.41) is 12.1. The number of fused-ring (bicyclic) bond motifs is 1. The number of methoxy groups -OCH3 is 1. The highest BCUT2D eigenvalue weighted by Crippen LogP contribution is 2.31. The molecule has 2 heterocycles. The minimum absolute atomic E-state index is 0.0301. The van der Waals surface area contributed by atoms with Gasteiger partial charge >= 0.3 is 0 Å². The molecule has 11 nitrogen and oxygen atoms in total. The summed E-state index contributed by atoms with van der Waals surface area (Å²) < 4.78 is 35.7. The highest BCUT2D eigenvalue weighted by atomic mass is 19.2. The number of hydrogen-bond acceptors (Lipinski definition) is 8. The van der Waals surface area contributed by atoms with Crippen LogP contribution in [-0.2, 0) is 11.2 Å². The molecule has 0 bridgehead atoms. The number of hydrogen-bond donors (Lipinski definition) is 5. The second kappa shape index (κ2) is 15.7. The zero-order valence-electron chi connectivity index (χ0n) is 24.9. The average Bonchev–Trinajstić information content (AvgIpc) is 3.47. The summed E-state index contributed by atoms with van der Waals surface area (Å²) in [7, 11) is 1.27. The van der Waals surface area contributed by atoms with Crippen molar-refractivity contribution in [2.24, 2.45) is 5.73 Å². The van der Waals surface area contributed by atoms with Crippen molar-refractivity contribution < 1.29 is 23.1 Å². The molecule has 2 aromatic carbocycles. The van der Waals surface area contributed by atoms with E-state index < -0.39 is 11.6 Å². The standard InChI is InChI=1S/C31H38F2N8O3/c1-3-20-18-21(7-8-22(20)31(43)38-15-14-36-26(42)6-4-12-35-13-5-11-34)40-29-30-39-19-24(41(30)17-16-37-29)23-9-10-25(44-2)28(33)27(23)32/h7-10,16-19,35H,3-6,11-15,34H2,1-2H3,(H,36,42)(H,37,40)(H,38,43). The molecule has 0 aliphatic heterocycles. The lowest BCUT2D eigenvalue weighted by atomic mass is 10.0. The lowest BCUT2D eigenvalue weighted by Crippen LogP contribution is -2.35. The molecule has 4 aromatic rings. The van der Waals surface area contributed by atoms with Crippen molar-refractivity contribution >= 4 is 29.0 Å². The van der Waals surface area contributed by atoms with Crippen LogP contribution < -0.4 is 31.7 Å². The van der Waals surface area contributed by atoms with Crippen LogP contribution in [-0.4, -0.2) is 66.0 Å². The number of nitrogens with one attached hydrogen (secondary N) is 4. The minimum atomic E-state index is -1.08. The molecule has 6 N–H and O–H groups in total. The van der Waals surface area contributed by atoms with Crippen molar-refractivity contribution in [1.29, 1.82) is 0 Å². The van der Waals surface area contributed by atoms with Crippen LogP contribution in [0.15, 0.2) is 48.9 Å². The Morgan fingerprint density at radius 3 is 2.57 bits per heavy atom. The average molecular weight is 609 g/mol. The number of carbonyl (C=O) groups excluding carboxylic acids is 2. The maximum absolute atomic E-state index is 14.8. The number of halogens is 2. The second-order valence-electron chi connectivity index (χ2n) is 10.0. The Morgan fingerprint density at radius 1 is 1.00 bits per heavy atom. The van der Waals surface area contributed by atoms with Gasteiger partial charge in [0.25, 0.3) is 5.91 Å². The van der Waals surface area contributed by atoms with Crippen LogP contribution >= 0.6 is 0 Å². The van der Waals surface area contributed by atoms with E-state index in [0.29, 0.717) is 60.9 Å². The number of anilines is 2. The summed E-state index contributed by atoms with van der Waals surface area (Å²) in [4.78, 5) is 33.7. The molecular formula is C31H38F2N8O3.